The molecule has 1 aromatic heterocycles. The fourth-order valence-corrected chi connectivity index (χ4v) is 3.30. The Labute approximate surface area is 155 Å². The molecule has 2 heterocycles. The van der Waals surface area contributed by atoms with E-state index in [0.29, 0.717) is 40.8 Å². The Morgan fingerprint density at radius 2 is 2.19 bits per heavy atom. The first kappa shape index (κ1) is 16.4. The molecule has 3 aromatic rings. The van der Waals surface area contributed by atoms with E-state index in [-0.39, 0.29) is 11.9 Å². The van der Waals surface area contributed by atoms with Crippen molar-refractivity contribution in [3.05, 3.63) is 58.6 Å². The second-order valence-electron chi connectivity index (χ2n) is 6.17. The zero-order valence-corrected chi connectivity index (χ0v) is 14.5. The van der Waals surface area contributed by atoms with Crippen LogP contribution < -0.4 is 5.32 Å². The molecule has 4 rings (SSSR count). The van der Waals surface area contributed by atoms with Crippen LogP contribution in [0.2, 0.25) is 5.02 Å². The molecule has 1 aliphatic rings. The highest BCUT2D eigenvalue weighted by molar-refractivity contribution is 6.31. The van der Waals surface area contributed by atoms with Gasteiger partial charge in [0.25, 0.3) is 11.9 Å². The van der Waals surface area contributed by atoms with E-state index in [9.17, 15) is 10.1 Å². The molecule has 26 heavy (non-hydrogen) atoms. The van der Waals surface area contributed by atoms with Crippen LogP contribution in [0.5, 0.6) is 0 Å². The number of fused-ring (bicyclic) bond motifs is 1. The van der Waals surface area contributed by atoms with E-state index in [1.54, 1.807) is 47.4 Å². The van der Waals surface area contributed by atoms with Crippen LogP contribution in [0.3, 0.4) is 0 Å². The van der Waals surface area contributed by atoms with Gasteiger partial charge in [-0.05, 0) is 30.7 Å². The number of benzene rings is 2. The van der Waals surface area contributed by atoms with Gasteiger partial charge in [-0.3, -0.25) is 4.79 Å². The van der Waals surface area contributed by atoms with Crippen molar-refractivity contribution in [2.24, 2.45) is 0 Å². The molecule has 1 amide bonds. The highest BCUT2D eigenvalue weighted by Gasteiger charge is 2.28. The van der Waals surface area contributed by atoms with Crippen LogP contribution in [0, 0.1) is 11.3 Å². The van der Waals surface area contributed by atoms with E-state index < -0.39 is 0 Å². The highest BCUT2D eigenvalue weighted by atomic mass is 35.5. The third kappa shape index (κ3) is 3.09. The Balaban J connectivity index is 1.46. The van der Waals surface area contributed by atoms with Crippen molar-refractivity contribution in [1.82, 2.24) is 9.88 Å². The molecule has 1 N–H and O–H groups in total. The van der Waals surface area contributed by atoms with E-state index >= 15 is 0 Å². The lowest BCUT2D eigenvalue weighted by Gasteiger charge is -2.17. The molecule has 2 aromatic carbocycles. The summed E-state index contributed by atoms with van der Waals surface area (Å²) in [5.74, 6) is -0.129. The summed E-state index contributed by atoms with van der Waals surface area (Å²) in [7, 11) is 0. The zero-order chi connectivity index (χ0) is 18.1. The Morgan fingerprint density at radius 3 is 3.04 bits per heavy atom. The Kier molecular flexibility index (Phi) is 4.23. The minimum atomic E-state index is -0.129. The quantitative estimate of drug-likeness (QED) is 0.764. The van der Waals surface area contributed by atoms with Gasteiger partial charge in [-0.2, -0.15) is 10.2 Å². The normalized spacial score (nSPS) is 16.6. The molecule has 130 valence electrons. The number of amides is 1. The van der Waals surface area contributed by atoms with Gasteiger partial charge in [0.05, 0.1) is 17.2 Å². The summed E-state index contributed by atoms with van der Waals surface area (Å²) in [4.78, 5) is 18.8. The van der Waals surface area contributed by atoms with Crippen LogP contribution in [0.1, 0.15) is 22.3 Å². The Bertz CT molecular complexity index is 1020. The molecule has 1 fully saturated rings. The third-order valence-electron chi connectivity index (χ3n) is 4.43. The maximum absolute atomic E-state index is 12.7. The van der Waals surface area contributed by atoms with Crippen LogP contribution in [0.4, 0.5) is 6.01 Å². The van der Waals surface area contributed by atoms with E-state index in [1.165, 1.54) is 0 Å². The second kappa shape index (κ2) is 6.70. The molecule has 1 saturated heterocycles. The van der Waals surface area contributed by atoms with Crippen LogP contribution in [-0.4, -0.2) is 34.9 Å². The minimum absolute atomic E-state index is 0.0386. The van der Waals surface area contributed by atoms with Crippen LogP contribution in [-0.2, 0) is 0 Å². The standard InChI is InChI=1S/C19H15ClN4O2/c20-13-5-6-16-17(9-13)26-19(23-16)22-14-7-8-24(11-14)18(25)15-4-2-1-3-12(15)10-21/h1-6,9,14H,7-8,11H2,(H,22,23). The fraction of sp³-hybridized carbons (Fsp3) is 0.211. The van der Waals surface area contributed by atoms with Crippen LogP contribution in [0.25, 0.3) is 11.1 Å². The van der Waals surface area contributed by atoms with Gasteiger partial charge in [-0.25, -0.2) is 0 Å². The smallest absolute Gasteiger partial charge is 0.295 e. The van der Waals surface area contributed by atoms with Crippen molar-refractivity contribution in [3.63, 3.8) is 0 Å². The molecular weight excluding hydrogens is 352 g/mol. The largest absolute Gasteiger partial charge is 0.423 e. The maximum Gasteiger partial charge on any atom is 0.295 e. The molecule has 1 atom stereocenters. The highest BCUT2D eigenvalue weighted by Crippen LogP contribution is 2.24. The summed E-state index contributed by atoms with van der Waals surface area (Å²) < 4.78 is 5.67. The van der Waals surface area contributed by atoms with Gasteiger partial charge in [0, 0.05) is 30.2 Å². The third-order valence-corrected chi connectivity index (χ3v) is 4.67. The summed E-state index contributed by atoms with van der Waals surface area (Å²) in [6.45, 7) is 1.14. The summed E-state index contributed by atoms with van der Waals surface area (Å²) >= 11 is 5.96. The number of nitriles is 1. The number of nitrogens with one attached hydrogen (secondary N) is 1. The van der Waals surface area contributed by atoms with Crippen molar-refractivity contribution < 1.29 is 9.21 Å². The van der Waals surface area contributed by atoms with Crippen molar-refractivity contribution in [3.8, 4) is 6.07 Å². The number of rotatable bonds is 3. The van der Waals surface area contributed by atoms with E-state index in [4.69, 9.17) is 16.0 Å². The fourth-order valence-electron chi connectivity index (χ4n) is 3.13. The summed E-state index contributed by atoms with van der Waals surface area (Å²) in [6, 6.07) is 14.7. The van der Waals surface area contributed by atoms with Crippen molar-refractivity contribution in [2.75, 3.05) is 18.4 Å². The number of oxazole rings is 1. The number of carbonyl (C=O) groups excluding carboxylic acids is 1. The number of carbonyl (C=O) groups is 1. The number of hydrogen-bond donors (Lipinski definition) is 1. The summed E-state index contributed by atoms with van der Waals surface area (Å²) in [6.07, 6.45) is 0.778. The predicted molar refractivity (Wildman–Crippen MR) is 98.1 cm³/mol. The average molecular weight is 367 g/mol. The Morgan fingerprint density at radius 1 is 1.35 bits per heavy atom. The molecule has 0 spiro atoms. The maximum atomic E-state index is 12.7. The summed E-state index contributed by atoms with van der Waals surface area (Å²) in [5.41, 5.74) is 2.18. The molecule has 1 aliphatic heterocycles. The van der Waals surface area contributed by atoms with Gasteiger partial charge in [-0.15, -0.1) is 0 Å². The van der Waals surface area contributed by atoms with Crippen LogP contribution >= 0.6 is 11.6 Å². The monoisotopic (exact) mass is 366 g/mol. The number of halogens is 1. The molecule has 0 aliphatic carbocycles. The number of likely N-dealkylation sites (tertiary alicyclic amines) is 1. The predicted octanol–water partition coefficient (Wildman–Crippen LogP) is 3.68. The number of anilines is 1. The second-order valence-corrected chi connectivity index (χ2v) is 6.61. The van der Waals surface area contributed by atoms with E-state index in [0.717, 1.165) is 11.9 Å². The van der Waals surface area contributed by atoms with Crippen molar-refractivity contribution in [1.29, 1.82) is 5.26 Å². The van der Waals surface area contributed by atoms with Gasteiger partial charge < -0.3 is 14.6 Å². The van der Waals surface area contributed by atoms with Crippen LogP contribution in [0.15, 0.2) is 46.9 Å². The lowest BCUT2D eigenvalue weighted by molar-refractivity contribution is 0.0791. The number of hydrogen-bond acceptors (Lipinski definition) is 5. The number of nitrogens with zero attached hydrogens (tertiary/aromatic N) is 3. The van der Waals surface area contributed by atoms with Gasteiger partial charge in [-0.1, -0.05) is 23.7 Å². The van der Waals surface area contributed by atoms with Gasteiger partial charge in [0.1, 0.15) is 5.52 Å². The lowest BCUT2D eigenvalue weighted by Crippen LogP contribution is -2.32. The van der Waals surface area contributed by atoms with Gasteiger partial charge >= 0.3 is 0 Å². The van der Waals surface area contributed by atoms with E-state index in [2.05, 4.69) is 16.4 Å². The number of aromatic nitrogens is 1. The summed E-state index contributed by atoms with van der Waals surface area (Å²) in [5, 5.41) is 13.0. The molecule has 1 unspecified atom stereocenters. The molecule has 7 heteroatoms. The average Bonchev–Trinajstić information content (AvgIpc) is 3.27. The molecule has 0 radical (unpaired) electrons. The van der Waals surface area contributed by atoms with Crippen molar-refractivity contribution >= 4 is 34.6 Å². The van der Waals surface area contributed by atoms with Gasteiger partial charge in [0.2, 0.25) is 0 Å². The first-order valence-corrected chi connectivity index (χ1v) is 8.63. The minimum Gasteiger partial charge on any atom is -0.423 e. The topological polar surface area (TPSA) is 82.2 Å². The first-order chi connectivity index (χ1) is 12.6. The Hall–Kier alpha value is -3.04. The molecular formula is C19H15ClN4O2. The SMILES string of the molecule is N#Cc1ccccc1C(=O)N1CCC(Nc2nc3ccc(Cl)cc3o2)C1. The van der Waals surface area contributed by atoms with E-state index in [1.807, 2.05) is 0 Å². The molecule has 6 nitrogen and oxygen atoms in total. The van der Waals surface area contributed by atoms with Crippen molar-refractivity contribution in [2.45, 2.75) is 12.5 Å². The zero-order valence-electron chi connectivity index (χ0n) is 13.8. The lowest BCUT2D eigenvalue weighted by atomic mass is 10.1. The van der Waals surface area contributed by atoms with Gasteiger partial charge in [0.15, 0.2) is 5.58 Å². The molecule has 0 bridgehead atoms. The molecule has 0 saturated carbocycles. The first-order valence-electron chi connectivity index (χ1n) is 8.25.